The Morgan fingerprint density at radius 1 is 1.33 bits per heavy atom. The normalized spacial score (nSPS) is 12.8. The Labute approximate surface area is 195 Å². The molecule has 1 aromatic heterocycles. The first-order valence-electron chi connectivity index (χ1n) is 8.89. The topological polar surface area (TPSA) is 59.0 Å². The van der Waals surface area contributed by atoms with Crippen molar-refractivity contribution in [2.75, 3.05) is 27.8 Å². The van der Waals surface area contributed by atoms with Gasteiger partial charge >= 0.3 is 6.18 Å². The molecule has 1 N–H and O–H groups in total. The Morgan fingerprint density at radius 3 is 2.67 bits per heavy atom. The average Bonchev–Trinajstić information content (AvgIpc) is 3.14. The first-order chi connectivity index (χ1) is 13.7. The van der Waals surface area contributed by atoms with Gasteiger partial charge in [0.05, 0.1) is 12.2 Å². The summed E-state index contributed by atoms with van der Waals surface area (Å²) in [6, 6.07) is 6.61. The summed E-state index contributed by atoms with van der Waals surface area (Å²) in [6.07, 6.45) is -4.45. The van der Waals surface area contributed by atoms with Gasteiger partial charge in [-0.15, -0.1) is 35.3 Å². The monoisotopic (exact) mass is 558 g/mol. The third-order valence-corrected chi connectivity index (χ3v) is 5.10. The Morgan fingerprint density at radius 2 is 2.03 bits per heavy atom. The predicted molar refractivity (Wildman–Crippen MR) is 123 cm³/mol. The molecule has 11 heteroatoms. The third-order valence-electron chi connectivity index (χ3n) is 4.04. The van der Waals surface area contributed by atoms with E-state index in [0.29, 0.717) is 18.1 Å². The average molecular weight is 558 g/mol. The van der Waals surface area contributed by atoms with E-state index in [1.165, 1.54) is 17.4 Å². The van der Waals surface area contributed by atoms with Gasteiger partial charge in [-0.3, -0.25) is 4.99 Å². The molecule has 1 atom stereocenters. The second-order valence-electron chi connectivity index (χ2n) is 6.32. The van der Waals surface area contributed by atoms with Gasteiger partial charge in [-0.1, -0.05) is 18.2 Å². The fourth-order valence-electron chi connectivity index (χ4n) is 2.51. The maximum absolute atomic E-state index is 12.4. The summed E-state index contributed by atoms with van der Waals surface area (Å²) < 4.78 is 47.5. The van der Waals surface area contributed by atoms with Crippen LogP contribution in [0.15, 0.2) is 34.6 Å². The summed E-state index contributed by atoms with van der Waals surface area (Å²) in [5, 5.41) is 6.01. The maximum atomic E-state index is 12.4. The van der Waals surface area contributed by atoms with E-state index in [-0.39, 0.29) is 42.4 Å². The smallest absolute Gasteiger partial charge is 0.422 e. The molecular weight excluding hydrogens is 532 g/mol. The van der Waals surface area contributed by atoms with E-state index in [1.54, 1.807) is 32.4 Å². The molecule has 0 amide bonds. The zero-order chi connectivity index (χ0) is 21.4. The number of ether oxygens (including phenoxy) is 2. The number of thiazole rings is 1. The fraction of sp³-hybridized carbons (Fsp3) is 0.474. The van der Waals surface area contributed by atoms with Gasteiger partial charge in [0, 0.05) is 38.7 Å². The van der Waals surface area contributed by atoms with E-state index in [4.69, 9.17) is 9.47 Å². The van der Waals surface area contributed by atoms with E-state index in [0.717, 1.165) is 10.7 Å². The molecule has 0 radical (unpaired) electrons. The molecule has 0 saturated heterocycles. The minimum Gasteiger partial charge on any atom is -0.484 e. The van der Waals surface area contributed by atoms with Crippen LogP contribution in [0.25, 0.3) is 0 Å². The number of hydrogen-bond donors (Lipinski definition) is 1. The van der Waals surface area contributed by atoms with Crippen molar-refractivity contribution in [3.63, 3.8) is 0 Å². The Bertz CT molecular complexity index is 817. The summed E-state index contributed by atoms with van der Waals surface area (Å²) in [7, 11) is 5.14. The van der Waals surface area contributed by atoms with Crippen molar-refractivity contribution in [2.45, 2.75) is 32.3 Å². The highest BCUT2D eigenvalue weighted by molar-refractivity contribution is 14.0. The number of halogens is 4. The molecule has 0 aliphatic rings. The van der Waals surface area contributed by atoms with Gasteiger partial charge in [-0.2, -0.15) is 13.2 Å². The van der Waals surface area contributed by atoms with Crippen molar-refractivity contribution in [3.05, 3.63) is 45.9 Å². The minimum atomic E-state index is -4.39. The van der Waals surface area contributed by atoms with Gasteiger partial charge in [0.25, 0.3) is 0 Å². The molecule has 30 heavy (non-hydrogen) atoms. The number of aliphatic imine (C=N–C) groups is 1. The number of hydrogen-bond acceptors (Lipinski definition) is 5. The second-order valence-corrected chi connectivity index (χ2v) is 7.21. The van der Waals surface area contributed by atoms with Crippen molar-refractivity contribution in [1.29, 1.82) is 0 Å². The highest BCUT2D eigenvalue weighted by Crippen LogP contribution is 2.23. The molecule has 1 heterocycles. The number of alkyl halides is 3. The second kappa shape index (κ2) is 12.3. The molecule has 2 aromatic rings. The molecule has 2 rings (SSSR count). The lowest BCUT2D eigenvalue weighted by atomic mass is 10.2. The van der Waals surface area contributed by atoms with Crippen molar-refractivity contribution in [3.8, 4) is 5.75 Å². The predicted octanol–water partition coefficient (Wildman–Crippen LogP) is 4.62. The molecular formula is C19H26F3IN4O2S. The van der Waals surface area contributed by atoms with Crippen molar-refractivity contribution >= 4 is 41.3 Å². The van der Waals surface area contributed by atoms with Crippen LogP contribution < -0.4 is 10.1 Å². The number of nitrogens with zero attached hydrogens (tertiary/aromatic N) is 3. The molecule has 0 aliphatic carbocycles. The number of benzene rings is 1. The Balaban J connectivity index is 0.00000450. The van der Waals surface area contributed by atoms with Crippen molar-refractivity contribution < 1.29 is 22.6 Å². The van der Waals surface area contributed by atoms with Crippen molar-refractivity contribution in [1.82, 2.24) is 15.2 Å². The number of aromatic nitrogens is 1. The quantitative estimate of drug-likeness (QED) is 0.291. The van der Waals surface area contributed by atoms with Gasteiger partial charge in [0.2, 0.25) is 0 Å². The van der Waals surface area contributed by atoms with Crippen LogP contribution in [0.5, 0.6) is 5.75 Å². The lowest BCUT2D eigenvalue weighted by Crippen LogP contribution is -2.38. The van der Waals surface area contributed by atoms with Crippen LogP contribution in [0.3, 0.4) is 0 Å². The van der Waals surface area contributed by atoms with E-state index in [2.05, 4.69) is 15.3 Å². The molecule has 6 nitrogen and oxygen atoms in total. The molecule has 0 fully saturated rings. The van der Waals surface area contributed by atoms with Crippen LogP contribution in [-0.2, 0) is 17.8 Å². The van der Waals surface area contributed by atoms with Crippen LogP contribution in [0, 0.1) is 0 Å². The van der Waals surface area contributed by atoms with Crippen LogP contribution in [0.2, 0.25) is 0 Å². The third kappa shape index (κ3) is 8.26. The highest BCUT2D eigenvalue weighted by Gasteiger charge is 2.28. The lowest BCUT2D eigenvalue weighted by Gasteiger charge is -2.22. The van der Waals surface area contributed by atoms with E-state index in [1.807, 2.05) is 24.3 Å². The number of para-hydroxylation sites is 1. The first kappa shape index (κ1) is 26.4. The first-order valence-corrected chi connectivity index (χ1v) is 9.77. The van der Waals surface area contributed by atoms with Crippen LogP contribution >= 0.6 is 35.3 Å². The number of rotatable bonds is 8. The molecule has 1 aromatic carbocycles. The van der Waals surface area contributed by atoms with Gasteiger partial charge in [0.1, 0.15) is 16.9 Å². The summed E-state index contributed by atoms with van der Waals surface area (Å²) in [5.41, 5.74) is 1.49. The summed E-state index contributed by atoms with van der Waals surface area (Å²) in [5.74, 6) is 0.776. The molecule has 1 unspecified atom stereocenters. The summed E-state index contributed by atoms with van der Waals surface area (Å²) >= 11 is 1.53. The van der Waals surface area contributed by atoms with Gasteiger partial charge < -0.3 is 19.7 Å². The SMILES string of the molecule is CN=C(NCc1ccccc1OCC(F)(F)F)N(C)Cc1csc(C(C)OC)n1.I. The number of guanidine groups is 1. The largest absolute Gasteiger partial charge is 0.484 e. The molecule has 0 spiro atoms. The van der Waals surface area contributed by atoms with Gasteiger partial charge in [0.15, 0.2) is 12.6 Å². The molecule has 0 saturated carbocycles. The number of nitrogens with one attached hydrogen (secondary N) is 1. The number of methoxy groups -OCH3 is 1. The summed E-state index contributed by atoms with van der Waals surface area (Å²) in [6.45, 7) is 1.41. The maximum Gasteiger partial charge on any atom is 0.422 e. The van der Waals surface area contributed by atoms with Crippen LogP contribution in [0.4, 0.5) is 13.2 Å². The zero-order valence-corrected chi connectivity index (χ0v) is 20.3. The molecule has 168 valence electrons. The van der Waals surface area contributed by atoms with Crippen LogP contribution in [0.1, 0.15) is 29.3 Å². The Hall–Kier alpha value is -1.60. The molecule has 0 bridgehead atoms. The lowest BCUT2D eigenvalue weighted by molar-refractivity contribution is -0.153. The minimum absolute atomic E-state index is 0. The fourth-order valence-corrected chi connectivity index (χ4v) is 3.35. The van der Waals surface area contributed by atoms with Crippen LogP contribution in [-0.4, -0.2) is 49.8 Å². The Kier molecular flexibility index (Phi) is 10.8. The molecule has 0 aliphatic heterocycles. The highest BCUT2D eigenvalue weighted by atomic mass is 127. The standard InChI is InChI=1S/C19H25F3N4O2S.HI/c1-13(27-4)17-25-15(11-29-17)10-26(3)18(23-2)24-9-14-7-5-6-8-16(14)28-12-19(20,21)22;/h5-8,11,13H,9-10,12H2,1-4H3,(H,23,24);1H. The van der Waals surface area contributed by atoms with E-state index in [9.17, 15) is 13.2 Å². The zero-order valence-electron chi connectivity index (χ0n) is 17.2. The van der Waals surface area contributed by atoms with Crippen molar-refractivity contribution in [2.24, 2.45) is 4.99 Å². The van der Waals surface area contributed by atoms with Gasteiger partial charge in [-0.25, -0.2) is 4.98 Å². The summed E-state index contributed by atoms with van der Waals surface area (Å²) in [4.78, 5) is 10.7. The van der Waals surface area contributed by atoms with E-state index >= 15 is 0 Å². The van der Waals surface area contributed by atoms with Gasteiger partial charge in [-0.05, 0) is 13.0 Å². The van der Waals surface area contributed by atoms with E-state index < -0.39 is 12.8 Å².